The summed E-state index contributed by atoms with van der Waals surface area (Å²) in [5.41, 5.74) is -0.349. The Hall–Kier alpha value is -3.04. The number of halogens is 1. The summed E-state index contributed by atoms with van der Waals surface area (Å²) in [5, 5.41) is 0. The number of carbonyl (C=O) groups excluding carboxylic acids is 2. The topological polar surface area (TPSA) is 93.5 Å². The van der Waals surface area contributed by atoms with Gasteiger partial charge >= 0.3 is 6.09 Å². The minimum absolute atomic E-state index is 0.0309. The van der Waals surface area contributed by atoms with E-state index < -0.39 is 11.4 Å². The van der Waals surface area contributed by atoms with Crippen molar-refractivity contribution in [3.8, 4) is 5.82 Å². The van der Waals surface area contributed by atoms with E-state index in [1.54, 1.807) is 11.8 Å². The molecule has 2 aromatic heterocycles. The van der Waals surface area contributed by atoms with E-state index in [1.165, 1.54) is 10.8 Å². The third-order valence-electron chi connectivity index (χ3n) is 4.23. The van der Waals surface area contributed by atoms with Crippen molar-refractivity contribution in [2.45, 2.75) is 33.3 Å². The smallest absolute Gasteiger partial charge is 0.410 e. The molecule has 0 aliphatic carbocycles. The molecule has 10 heteroatoms. The molecule has 9 nitrogen and oxygen atoms in total. The van der Waals surface area contributed by atoms with Gasteiger partial charge in [-0.2, -0.15) is 4.98 Å². The Morgan fingerprint density at radius 3 is 2.46 bits per heavy atom. The summed E-state index contributed by atoms with van der Waals surface area (Å²) >= 11 is 0. The zero-order chi connectivity index (χ0) is 20.5. The Bertz CT molecular complexity index is 884. The van der Waals surface area contributed by atoms with Crippen molar-refractivity contribution in [2.75, 3.05) is 31.1 Å². The Kier molecular flexibility index (Phi) is 5.30. The lowest BCUT2D eigenvalue weighted by Crippen LogP contribution is -2.50. The number of ether oxygens (including phenoxy) is 1. The Balaban J connectivity index is 1.77. The molecule has 0 radical (unpaired) electrons. The molecule has 0 unspecified atom stereocenters. The van der Waals surface area contributed by atoms with Crippen molar-refractivity contribution in [1.29, 1.82) is 0 Å². The Morgan fingerprint density at radius 1 is 1.18 bits per heavy atom. The van der Waals surface area contributed by atoms with Crippen molar-refractivity contribution in [3.05, 3.63) is 29.7 Å². The monoisotopic (exact) mass is 390 g/mol. The fraction of sp³-hybridized carbons (Fsp3) is 0.500. The van der Waals surface area contributed by atoms with Gasteiger partial charge in [0.25, 0.3) is 0 Å². The summed E-state index contributed by atoms with van der Waals surface area (Å²) in [6.07, 6.45) is 2.67. The molecule has 0 N–H and O–H groups in total. The number of anilines is 1. The minimum atomic E-state index is -0.652. The van der Waals surface area contributed by atoms with Crippen molar-refractivity contribution in [1.82, 2.24) is 24.4 Å². The SMILES string of the molecule is Cc1ncc(C=O)n1-c1nc(N2CCN(C(=O)OC(C)(C)C)CC2)ncc1F. The van der Waals surface area contributed by atoms with E-state index in [9.17, 15) is 14.0 Å². The van der Waals surface area contributed by atoms with Crippen LogP contribution in [0.15, 0.2) is 12.4 Å². The van der Waals surface area contributed by atoms with Gasteiger partial charge in [0.1, 0.15) is 17.1 Å². The minimum Gasteiger partial charge on any atom is -0.444 e. The molecule has 1 aliphatic rings. The zero-order valence-electron chi connectivity index (χ0n) is 16.3. The summed E-state index contributed by atoms with van der Waals surface area (Å²) in [7, 11) is 0. The molecular formula is C18H23FN6O3. The largest absolute Gasteiger partial charge is 0.444 e. The lowest BCUT2D eigenvalue weighted by molar-refractivity contribution is 0.0240. The predicted molar refractivity (Wildman–Crippen MR) is 99.3 cm³/mol. The van der Waals surface area contributed by atoms with Crippen LogP contribution >= 0.6 is 0 Å². The maximum absolute atomic E-state index is 14.3. The molecule has 0 aromatic carbocycles. The van der Waals surface area contributed by atoms with Crippen LogP contribution in [0.2, 0.25) is 0 Å². The van der Waals surface area contributed by atoms with E-state index in [1.807, 2.05) is 25.7 Å². The highest BCUT2D eigenvalue weighted by Crippen LogP contribution is 2.20. The number of rotatable bonds is 3. The molecule has 1 saturated heterocycles. The summed E-state index contributed by atoms with van der Waals surface area (Å²) in [4.78, 5) is 39.3. The second-order valence-corrected chi connectivity index (χ2v) is 7.48. The quantitative estimate of drug-likeness (QED) is 0.740. The number of carbonyl (C=O) groups is 2. The number of hydrogen-bond donors (Lipinski definition) is 0. The number of aldehydes is 1. The van der Waals surface area contributed by atoms with Gasteiger partial charge in [0.05, 0.1) is 12.4 Å². The molecule has 0 atom stereocenters. The van der Waals surface area contributed by atoms with Gasteiger partial charge in [0, 0.05) is 26.2 Å². The van der Waals surface area contributed by atoms with Crippen molar-refractivity contribution >= 4 is 18.3 Å². The molecule has 3 heterocycles. The van der Waals surface area contributed by atoms with Gasteiger partial charge < -0.3 is 14.5 Å². The first-order valence-corrected chi connectivity index (χ1v) is 8.95. The van der Waals surface area contributed by atoms with Crippen LogP contribution in [-0.4, -0.2) is 68.6 Å². The number of aromatic nitrogens is 4. The van der Waals surface area contributed by atoms with Gasteiger partial charge in [-0.05, 0) is 27.7 Å². The molecule has 1 amide bonds. The number of hydrogen-bond acceptors (Lipinski definition) is 7. The second-order valence-electron chi connectivity index (χ2n) is 7.48. The third-order valence-corrected chi connectivity index (χ3v) is 4.23. The van der Waals surface area contributed by atoms with Gasteiger partial charge in [-0.15, -0.1) is 0 Å². The number of aryl methyl sites for hydroxylation is 1. The first-order valence-electron chi connectivity index (χ1n) is 8.95. The van der Waals surface area contributed by atoms with Gasteiger partial charge in [-0.1, -0.05) is 0 Å². The Morgan fingerprint density at radius 2 is 1.86 bits per heavy atom. The first kappa shape index (κ1) is 19.7. The van der Waals surface area contributed by atoms with E-state index in [0.717, 1.165) is 6.20 Å². The van der Waals surface area contributed by atoms with Crippen LogP contribution in [-0.2, 0) is 4.74 Å². The molecule has 1 aliphatic heterocycles. The normalized spacial score (nSPS) is 14.9. The maximum Gasteiger partial charge on any atom is 0.410 e. The summed E-state index contributed by atoms with van der Waals surface area (Å²) < 4.78 is 21.1. The number of imidazole rings is 1. The van der Waals surface area contributed by atoms with Crippen molar-refractivity contribution < 1.29 is 18.7 Å². The predicted octanol–water partition coefficient (Wildman–Crippen LogP) is 1.98. The standard InChI is InChI=1S/C18H23FN6O3/c1-12-20-9-13(11-26)25(12)15-14(19)10-21-16(22-15)23-5-7-24(8-6-23)17(27)28-18(2,3)4/h9-11H,5-8H2,1-4H3. The molecule has 150 valence electrons. The second kappa shape index (κ2) is 7.53. The van der Waals surface area contributed by atoms with Crippen molar-refractivity contribution in [2.24, 2.45) is 0 Å². The van der Waals surface area contributed by atoms with Crippen LogP contribution in [0.4, 0.5) is 15.1 Å². The molecular weight excluding hydrogens is 367 g/mol. The van der Waals surface area contributed by atoms with E-state index in [2.05, 4.69) is 15.0 Å². The molecule has 0 bridgehead atoms. The maximum atomic E-state index is 14.3. The lowest BCUT2D eigenvalue weighted by Gasteiger charge is -2.35. The average Bonchev–Trinajstić information content (AvgIpc) is 3.01. The molecule has 2 aromatic rings. The van der Waals surface area contributed by atoms with E-state index in [-0.39, 0.29) is 17.6 Å². The molecule has 1 fully saturated rings. The highest BCUT2D eigenvalue weighted by Gasteiger charge is 2.27. The average molecular weight is 390 g/mol. The Labute approximate surface area is 162 Å². The van der Waals surface area contributed by atoms with E-state index >= 15 is 0 Å². The highest BCUT2D eigenvalue weighted by atomic mass is 19.1. The molecule has 0 saturated carbocycles. The number of nitrogens with zero attached hydrogens (tertiary/aromatic N) is 6. The van der Waals surface area contributed by atoms with Crippen LogP contribution in [0, 0.1) is 12.7 Å². The van der Waals surface area contributed by atoms with Crippen molar-refractivity contribution in [3.63, 3.8) is 0 Å². The fourth-order valence-corrected chi connectivity index (χ4v) is 2.89. The van der Waals surface area contributed by atoms with Gasteiger partial charge in [0.15, 0.2) is 17.9 Å². The van der Waals surface area contributed by atoms with E-state index in [0.29, 0.717) is 44.2 Å². The van der Waals surface area contributed by atoms with Crippen LogP contribution in [0.25, 0.3) is 5.82 Å². The van der Waals surface area contributed by atoms with Gasteiger partial charge in [-0.25, -0.2) is 19.2 Å². The molecule has 28 heavy (non-hydrogen) atoms. The van der Waals surface area contributed by atoms with Crippen LogP contribution in [0.3, 0.4) is 0 Å². The van der Waals surface area contributed by atoms with Crippen LogP contribution in [0.5, 0.6) is 0 Å². The third kappa shape index (κ3) is 4.10. The lowest BCUT2D eigenvalue weighted by atomic mass is 10.2. The van der Waals surface area contributed by atoms with E-state index in [4.69, 9.17) is 4.74 Å². The first-order chi connectivity index (χ1) is 13.2. The number of piperazine rings is 1. The molecule has 3 rings (SSSR count). The molecule has 0 spiro atoms. The van der Waals surface area contributed by atoms with Gasteiger partial charge in [0.2, 0.25) is 5.95 Å². The summed E-state index contributed by atoms with van der Waals surface area (Å²) in [5.74, 6) is 0.0857. The fourth-order valence-electron chi connectivity index (χ4n) is 2.89. The van der Waals surface area contributed by atoms with Crippen LogP contribution < -0.4 is 4.90 Å². The van der Waals surface area contributed by atoms with Gasteiger partial charge in [-0.3, -0.25) is 9.36 Å². The van der Waals surface area contributed by atoms with Crippen LogP contribution in [0.1, 0.15) is 37.1 Å². The summed E-state index contributed by atoms with van der Waals surface area (Å²) in [6.45, 7) is 8.96. The zero-order valence-corrected chi connectivity index (χ0v) is 16.3. The highest BCUT2D eigenvalue weighted by molar-refractivity contribution is 5.73. The summed E-state index contributed by atoms with van der Waals surface area (Å²) in [6, 6.07) is 0. The number of amides is 1.